The number of benzene rings is 2. The first-order chi connectivity index (χ1) is 10.7. The quantitative estimate of drug-likeness (QED) is 0.614. The second kappa shape index (κ2) is 6.54. The van der Waals surface area contributed by atoms with E-state index >= 15 is 0 Å². The fourth-order valence-corrected chi connectivity index (χ4v) is 2.04. The highest BCUT2D eigenvalue weighted by Gasteiger charge is 2.34. The maximum absolute atomic E-state index is 14.4. The van der Waals surface area contributed by atoms with Gasteiger partial charge >= 0.3 is 6.18 Å². The van der Waals surface area contributed by atoms with Gasteiger partial charge in [-0.25, -0.2) is 8.78 Å². The van der Waals surface area contributed by atoms with E-state index in [4.69, 9.17) is 11.6 Å². The number of hydrogen-bond donors (Lipinski definition) is 1. The van der Waals surface area contributed by atoms with Crippen molar-refractivity contribution < 1.29 is 26.7 Å². The summed E-state index contributed by atoms with van der Waals surface area (Å²) in [5, 5.41) is 1.88. The summed E-state index contributed by atoms with van der Waals surface area (Å²) in [6.45, 7) is 0. The van der Waals surface area contributed by atoms with Crippen molar-refractivity contribution in [1.82, 2.24) is 0 Å². The minimum atomic E-state index is -4.68. The number of anilines is 1. The van der Waals surface area contributed by atoms with Gasteiger partial charge in [-0.05, 0) is 17.7 Å². The second-order valence-electron chi connectivity index (χ2n) is 4.50. The Kier molecular flexibility index (Phi) is 4.89. The molecule has 0 aliphatic heterocycles. The number of alkyl halides is 5. The summed E-state index contributed by atoms with van der Waals surface area (Å²) in [5.41, 5.74) is -4.66. The molecule has 122 valence electrons. The van der Waals surface area contributed by atoms with Crippen molar-refractivity contribution in [3.8, 4) is 11.1 Å². The van der Waals surface area contributed by atoms with Crippen molar-refractivity contribution >= 4 is 23.2 Å². The van der Waals surface area contributed by atoms with Crippen LogP contribution in [-0.2, 0) is 11.0 Å². The number of amides is 1. The molecule has 0 bridgehead atoms. The Balaban J connectivity index is 2.53. The summed E-state index contributed by atoms with van der Waals surface area (Å²) < 4.78 is 66.1. The van der Waals surface area contributed by atoms with E-state index in [1.165, 1.54) is 18.2 Å². The monoisotopic (exact) mass is 349 g/mol. The van der Waals surface area contributed by atoms with Gasteiger partial charge in [0.1, 0.15) is 0 Å². The predicted molar refractivity (Wildman–Crippen MR) is 76.2 cm³/mol. The van der Waals surface area contributed by atoms with Crippen molar-refractivity contribution in [3.63, 3.8) is 0 Å². The number of carbonyl (C=O) groups excluding carboxylic acids is 1. The molecule has 0 aromatic heterocycles. The van der Waals surface area contributed by atoms with Gasteiger partial charge in [0.05, 0.1) is 11.3 Å². The van der Waals surface area contributed by atoms with Crippen LogP contribution in [0.3, 0.4) is 0 Å². The third kappa shape index (κ3) is 3.79. The van der Waals surface area contributed by atoms with Crippen LogP contribution in [-0.4, -0.2) is 11.5 Å². The Bertz CT molecular complexity index is 730. The Hall–Kier alpha value is -2.15. The van der Waals surface area contributed by atoms with Crippen molar-refractivity contribution in [2.24, 2.45) is 0 Å². The molecule has 1 amide bonds. The highest BCUT2D eigenvalue weighted by atomic mass is 35.5. The van der Waals surface area contributed by atoms with Gasteiger partial charge in [0.15, 0.2) is 5.82 Å². The molecule has 0 radical (unpaired) electrons. The molecule has 0 saturated carbocycles. The second-order valence-corrected chi connectivity index (χ2v) is 4.88. The zero-order valence-corrected chi connectivity index (χ0v) is 12.1. The first kappa shape index (κ1) is 17.2. The van der Waals surface area contributed by atoms with Crippen LogP contribution in [0.25, 0.3) is 11.1 Å². The molecule has 1 N–H and O–H groups in total. The van der Waals surface area contributed by atoms with Gasteiger partial charge in [-0.15, -0.1) is 0 Å². The summed E-state index contributed by atoms with van der Waals surface area (Å²) in [4.78, 5) is 11.2. The SMILES string of the molecule is O=C(Nc1cccc(-c2ccccc2C(F)(F)F)c1F)C(F)Cl. The minimum Gasteiger partial charge on any atom is -0.320 e. The largest absolute Gasteiger partial charge is 0.417 e. The topological polar surface area (TPSA) is 29.1 Å². The lowest BCUT2D eigenvalue weighted by Crippen LogP contribution is -2.20. The van der Waals surface area contributed by atoms with E-state index in [0.29, 0.717) is 0 Å². The van der Waals surface area contributed by atoms with Crippen molar-refractivity contribution in [3.05, 3.63) is 53.8 Å². The number of nitrogens with one attached hydrogen (secondary N) is 1. The third-order valence-electron chi connectivity index (χ3n) is 2.98. The standard InChI is InChI=1S/C15H9ClF5NO/c16-13(18)14(23)22-11-7-3-5-9(12(11)17)8-4-1-2-6-10(8)15(19,20)21/h1-7,13H,(H,22,23). The molecule has 0 heterocycles. The molecule has 2 rings (SSSR count). The zero-order chi connectivity index (χ0) is 17.2. The molecule has 23 heavy (non-hydrogen) atoms. The fourth-order valence-electron chi connectivity index (χ4n) is 1.99. The molecule has 0 spiro atoms. The van der Waals surface area contributed by atoms with Crippen LogP contribution in [0.5, 0.6) is 0 Å². The van der Waals surface area contributed by atoms with Gasteiger partial charge in [0, 0.05) is 5.56 Å². The molecule has 2 aromatic rings. The van der Waals surface area contributed by atoms with Gasteiger partial charge < -0.3 is 5.32 Å². The molecule has 1 atom stereocenters. The lowest BCUT2D eigenvalue weighted by atomic mass is 9.98. The van der Waals surface area contributed by atoms with E-state index in [1.807, 2.05) is 5.32 Å². The summed E-state index contributed by atoms with van der Waals surface area (Å²) in [7, 11) is 0. The Morgan fingerprint density at radius 3 is 2.26 bits per heavy atom. The molecular formula is C15H9ClF5NO. The van der Waals surface area contributed by atoms with E-state index in [9.17, 15) is 26.7 Å². The summed E-state index contributed by atoms with van der Waals surface area (Å²) >= 11 is 4.92. The van der Waals surface area contributed by atoms with Crippen molar-refractivity contribution in [2.45, 2.75) is 11.8 Å². The van der Waals surface area contributed by atoms with Crippen LogP contribution in [0.2, 0.25) is 0 Å². The molecule has 2 aromatic carbocycles. The van der Waals surface area contributed by atoms with Crippen molar-refractivity contribution in [2.75, 3.05) is 5.32 Å². The Morgan fingerprint density at radius 1 is 1.04 bits per heavy atom. The van der Waals surface area contributed by atoms with E-state index in [1.54, 1.807) is 0 Å². The minimum absolute atomic E-state index is 0.374. The van der Waals surface area contributed by atoms with Crippen LogP contribution < -0.4 is 5.32 Å². The van der Waals surface area contributed by atoms with Gasteiger partial charge in [-0.1, -0.05) is 41.9 Å². The molecule has 1 unspecified atom stereocenters. The van der Waals surface area contributed by atoms with Gasteiger partial charge in [0.2, 0.25) is 0 Å². The summed E-state index contributed by atoms with van der Waals surface area (Å²) in [6, 6.07) is 7.88. The normalized spacial score (nSPS) is 12.8. The number of carbonyl (C=O) groups is 1. The third-order valence-corrected chi connectivity index (χ3v) is 3.18. The van der Waals surface area contributed by atoms with Gasteiger partial charge in [0.25, 0.3) is 11.5 Å². The van der Waals surface area contributed by atoms with Crippen LogP contribution in [0.15, 0.2) is 42.5 Å². The molecule has 0 aliphatic rings. The molecule has 0 saturated heterocycles. The number of hydrogen-bond acceptors (Lipinski definition) is 1. The first-order valence-electron chi connectivity index (χ1n) is 6.26. The zero-order valence-electron chi connectivity index (χ0n) is 11.3. The summed E-state index contributed by atoms with van der Waals surface area (Å²) in [5.74, 6) is -2.43. The van der Waals surface area contributed by atoms with Crippen molar-refractivity contribution in [1.29, 1.82) is 0 Å². The van der Waals surface area contributed by atoms with Crippen LogP contribution in [0, 0.1) is 5.82 Å². The first-order valence-corrected chi connectivity index (χ1v) is 6.69. The maximum Gasteiger partial charge on any atom is 0.417 e. The maximum atomic E-state index is 14.4. The highest BCUT2D eigenvalue weighted by molar-refractivity contribution is 6.31. The van der Waals surface area contributed by atoms with E-state index < -0.39 is 40.3 Å². The van der Waals surface area contributed by atoms with E-state index in [0.717, 1.165) is 24.3 Å². The highest BCUT2D eigenvalue weighted by Crippen LogP contribution is 2.38. The smallest absolute Gasteiger partial charge is 0.320 e. The lowest BCUT2D eigenvalue weighted by Gasteiger charge is -2.15. The van der Waals surface area contributed by atoms with Gasteiger partial charge in [-0.3, -0.25) is 4.79 Å². The van der Waals surface area contributed by atoms with Crippen LogP contribution in [0.1, 0.15) is 5.56 Å². The van der Waals surface area contributed by atoms with E-state index in [2.05, 4.69) is 0 Å². The van der Waals surface area contributed by atoms with Gasteiger partial charge in [-0.2, -0.15) is 13.2 Å². The van der Waals surface area contributed by atoms with Crippen LogP contribution in [0.4, 0.5) is 27.6 Å². The average molecular weight is 350 g/mol. The summed E-state index contributed by atoms with van der Waals surface area (Å²) in [6.07, 6.45) is -4.68. The number of halogens is 6. The molecule has 0 aliphatic carbocycles. The molecule has 0 fully saturated rings. The average Bonchev–Trinajstić information content (AvgIpc) is 2.48. The predicted octanol–water partition coefficient (Wildman–Crippen LogP) is 4.98. The Labute approximate surface area is 132 Å². The molecule has 2 nitrogen and oxygen atoms in total. The van der Waals surface area contributed by atoms with Crippen LogP contribution >= 0.6 is 11.6 Å². The molecule has 8 heteroatoms. The van der Waals surface area contributed by atoms with E-state index in [-0.39, 0.29) is 5.56 Å². The Morgan fingerprint density at radius 2 is 1.65 bits per heavy atom. The molecular weight excluding hydrogens is 341 g/mol. The fraction of sp³-hybridized carbons (Fsp3) is 0.133. The lowest BCUT2D eigenvalue weighted by molar-refractivity contribution is -0.137. The number of rotatable bonds is 3.